The molecule has 0 radical (unpaired) electrons. The molecule has 0 fully saturated rings. The summed E-state index contributed by atoms with van der Waals surface area (Å²) in [4.78, 5) is 11.9. The lowest BCUT2D eigenvalue weighted by molar-refractivity contribution is 0.0530. The van der Waals surface area contributed by atoms with Crippen LogP contribution < -0.4 is 0 Å². The second-order valence-corrected chi connectivity index (χ2v) is 6.63. The topological polar surface area (TPSA) is 69.9 Å². The van der Waals surface area contributed by atoms with Crippen LogP contribution in [0.3, 0.4) is 0 Å². The molecule has 25 heavy (non-hydrogen) atoms. The minimum atomic E-state index is -0.324. The zero-order valence-electron chi connectivity index (χ0n) is 14.0. The van der Waals surface area contributed by atoms with Crippen LogP contribution in [0, 0.1) is 13.8 Å². The molecule has 2 aromatic carbocycles. The van der Waals surface area contributed by atoms with Crippen LogP contribution in [0.25, 0.3) is 5.69 Å². The molecule has 0 atom stereocenters. The molecule has 0 aliphatic rings. The van der Waals surface area contributed by atoms with Crippen LogP contribution in [0.1, 0.15) is 21.5 Å². The summed E-state index contributed by atoms with van der Waals surface area (Å²) in [6, 6.07) is 15.1. The number of nitrogens with zero attached hydrogens (tertiary/aromatic N) is 4. The lowest BCUT2D eigenvalue weighted by Gasteiger charge is -2.07. The van der Waals surface area contributed by atoms with Gasteiger partial charge in [-0.15, -0.1) is 5.10 Å². The van der Waals surface area contributed by atoms with Gasteiger partial charge in [0.25, 0.3) is 0 Å². The molecular weight excluding hydrogens is 336 g/mol. The van der Waals surface area contributed by atoms with E-state index in [1.807, 2.05) is 44.2 Å². The van der Waals surface area contributed by atoms with Crippen molar-refractivity contribution >= 4 is 17.7 Å². The molecule has 7 heteroatoms. The number of tetrazole rings is 1. The van der Waals surface area contributed by atoms with E-state index in [0.717, 1.165) is 16.8 Å². The van der Waals surface area contributed by atoms with Crippen LogP contribution >= 0.6 is 11.8 Å². The average molecular weight is 354 g/mol. The molecule has 128 valence electrons. The van der Waals surface area contributed by atoms with Crippen LogP contribution in [0.4, 0.5) is 0 Å². The molecule has 0 aliphatic heterocycles. The Morgan fingerprint density at radius 2 is 1.84 bits per heavy atom. The molecule has 0 unspecified atom stereocenters. The minimum absolute atomic E-state index is 0.290. The monoisotopic (exact) mass is 354 g/mol. The number of aromatic nitrogens is 4. The van der Waals surface area contributed by atoms with Crippen molar-refractivity contribution in [2.45, 2.75) is 19.0 Å². The Balaban J connectivity index is 1.58. The molecule has 0 aliphatic carbocycles. The van der Waals surface area contributed by atoms with E-state index in [-0.39, 0.29) is 12.6 Å². The molecule has 0 saturated heterocycles. The van der Waals surface area contributed by atoms with E-state index in [9.17, 15) is 4.79 Å². The average Bonchev–Trinajstić information content (AvgIpc) is 3.07. The van der Waals surface area contributed by atoms with Crippen molar-refractivity contribution in [1.29, 1.82) is 0 Å². The van der Waals surface area contributed by atoms with Gasteiger partial charge in [0.05, 0.1) is 11.3 Å². The first-order chi connectivity index (χ1) is 12.1. The molecule has 0 bridgehead atoms. The normalized spacial score (nSPS) is 10.6. The molecule has 0 N–H and O–H groups in total. The summed E-state index contributed by atoms with van der Waals surface area (Å²) in [5.74, 6) is 0.249. The predicted octanol–water partition coefficient (Wildman–Crippen LogP) is 3.23. The Labute approximate surface area is 150 Å². The van der Waals surface area contributed by atoms with Gasteiger partial charge in [-0.05, 0) is 59.7 Å². The van der Waals surface area contributed by atoms with Crippen molar-refractivity contribution in [1.82, 2.24) is 20.2 Å². The first-order valence-electron chi connectivity index (χ1n) is 7.85. The number of benzene rings is 2. The second kappa shape index (κ2) is 7.94. The molecule has 0 amide bonds. The van der Waals surface area contributed by atoms with Gasteiger partial charge in [-0.3, -0.25) is 0 Å². The van der Waals surface area contributed by atoms with E-state index in [4.69, 9.17) is 4.74 Å². The van der Waals surface area contributed by atoms with Crippen LogP contribution in [0.15, 0.2) is 53.7 Å². The van der Waals surface area contributed by atoms with Crippen molar-refractivity contribution in [2.24, 2.45) is 0 Å². The van der Waals surface area contributed by atoms with Crippen LogP contribution in [-0.4, -0.2) is 38.5 Å². The number of carbonyl (C=O) groups is 1. The summed E-state index contributed by atoms with van der Waals surface area (Å²) in [5.41, 5.74) is 3.77. The lowest BCUT2D eigenvalue weighted by Crippen LogP contribution is -2.08. The molecule has 0 saturated carbocycles. The Kier molecular flexibility index (Phi) is 5.45. The lowest BCUT2D eigenvalue weighted by atomic mass is 10.1. The van der Waals surface area contributed by atoms with E-state index >= 15 is 0 Å². The maximum absolute atomic E-state index is 11.9. The first kappa shape index (κ1) is 17.2. The highest BCUT2D eigenvalue weighted by atomic mass is 32.2. The highest BCUT2D eigenvalue weighted by Gasteiger charge is 2.11. The number of aryl methyl sites for hydroxylation is 2. The van der Waals surface area contributed by atoms with Crippen molar-refractivity contribution in [3.05, 3.63) is 65.2 Å². The Bertz CT molecular complexity index is 844. The summed E-state index contributed by atoms with van der Waals surface area (Å²) in [7, 11) is 0. The van der Waals surface area contributed by atoms with Crippen molar-refractivity contribution in [3.63, 3.8) is 0 Å². The number of rotatable bonds is 6. The zero-order chi connectivity index (χ0) is 17.6. The molecular formula is C18H18N4O2S. The quantitative estimate of drug-likeness (QED) is 0.384. The van der Waals surface area contributed by atoms with Crippen molar-refractivity contribution < 1.29 is 9.53 Å². The van der Waals surface area contributed by atoms with Gasteiger partial charge in [-0.2, -0.15) is 4.68 Å². The van der Waals surface area contributed by atoms with E-state index < -0.39 is 0 Å². The third-order valence-corrected chi connectivity index (χ3v) is 4.33. The summed E-state index contributed by atoms with van der Waals surface area (Å²) < 4.78 is 6.97. The van der Waals surface area contributed by atoms with Gasteiger partial charge in [0, 0.05) is 5.75 Å². The van der Waals surface area contributed by atoms with Gasteiger partial charge >= 0.3 is 5.97 Å². The van der Waals surface area contributed by atoms with E-state index in [1.165, 1.54) is 11.8 Å². The zero-order valence-corrected chi connectivity index (χ0v) is 14.9. The molecule has 1 aromatic heterocycles. The summed E-state index contributed by atoms with van der Waals surface area (Å²) in [5, 5.41) is 12.5. The van der Waals surface area contributed by atoms with Crippen molar-refractivity contribution in [2.75, 3.05) is 12.4 Å². The fourth-order valence-corrected chi connectivity index (χ4v) is 3.14. The largest absolute Gasteiger partial charge is 0.461 e. The maximum Gasteiger partial charge on any atom is 0.338 e. The van der Waals surface area contributed by atoms with Gasteiger partial charge in [-0.25, -0.2) is 4.79 Å². The number of hydrogen-bond donors (Lipinski definition) is 0. The molecule has 1 heterocycles. The van der Waals surface area contributed by atoms with Crippen molar-refractivity contribution in [3.8, 4) is 5.69 Å². The van der Waals surface area contributed by atoms with Gasteiger partial charge in [-0.1, -0.05) is 36.0 Å². The third-order valence-electron chi connectivity index (χ3n) is 3.45. The first-order valence-corrected chi connectivity index (χ1v) is 8.84. The number of esters is 1. The minimum Gasteiger partial charge on any atom is -0.461 e. The van der Waals surface area contributed by atoms with E-state index in [1.54, 1.807) is 16.8 Å². The van der Waals surface area contributed by atoms with E-state index in [0.29, 0.717) is 16.5 Å². The highest BCUT2D eigenvalue weighted by molar-refractivity contribution is 7.99. The maximum atomic E-state index is 11.9. The van der Waals surface area contributed by atoms with Gasteiger partial charge < -0.3 is 4.74 Å². The standard InChI is InChI=1S/C18H18N4O2S/c1-13-10-14(2)12-16(11-13)22-18(19-20-21-22)25-9-8-24-17(23)15-6-4-3-5-7-15/h3-7,10-12H,8-9H2,1-2H3. The van der Waals surface area contributed by atoms with Gasteiger partial charge in [0.1, 0.15) is 6.61 Å². The summed E-state index contributed by atoms with van der Waals surface area (Å²) in [6.45, 7) is 4.37. The summed E-state index contributed by atoms with van der Waals surface area (Å²) in [6.07, 6.45) is 0. The van der Waals surface area contributed by atoms with Crippen LogP contribution in [0.2, 0.25) is 0 Å². The smallest absolute Gasteiger partial charge is 0.338 e. The van der Waals surface area contributed by atoms with Gasteiger partial charge in [0.2, 0.25) is 5.16 Å². The van der Waals surface area contributed by atoms with Crippen LogP contribution in [0.5, 0.6) is 0 Å². The SMILES string of the molecule is Cc1cc(C)cc(-n2nnnc2SCCOC(=O)c2ccccc2)c1. The number of thioether (sulfide) groups is 1. The number of carbonyl (C=O) groups excluding carboxylic acids is 1. The summed E-state index contributed by atoms with van der Waals surface area (Å²) >= 11 is 1.45. The Hall–Kier alpha value is -2.67. The molecule has 0 spiro atoms. The van der Waals surface area contributed by atoms with E-state index in [2.05, 4.69) is 21.6 Å². The van der Waals surface area contributed by atoms with Gasteiger partial charge in [0.15, 0.2) is 0 Å². The molecule has 6 nitrogen and oxygen atoms in total. The number of hydrogen-bond acceptors (Lipinski definition) is 6. The predicted molar refractivity (Wildman–Crippen MR) is 96.1 cm³/mol. The Morgan fingerprint density at radius 1 is 1.12 bits per heavy atom. The number of ether oxygens (including phenoxy) is 1. The fourth-order valence-electron chi connectivity index (χ4n) is 2.43. The third kappa shape index (κ3) is 4.45. The Morgan fingerprint density at radius 3 is 2.56 bits per heavy atom. The molecule has 3 aromatic rings. The highest BCUT2D eigenvalue weighted by Crippen LogP contribution is 2.20. The molecule has 3 rings (SSSR count). The fraction of sp³-hybridized carbons (Fsp3) is 0.222. The van der Waals surface area contributed by atoms with Crippen LogP contribution in [-0.2, 0) is 4.74 Å². The second-order valence-electron chi connectivity index (χ2n) is 5.57.